The summed E-state index contributed by atoms with van der Waals surface area (Å²) < 4.78 is 9.09. The second-order valence-electron chi connectivity index (χ2n) is 11.9. The molecule has 194 valence electrons. The number of halogens is 3. The van der Waals surface area contributed by atoms with Crippen LogP contribution in [0.15, 0.2) is 72.4 Å². The Labute approximate surface area is 243 Å². The number of nitrogens with one attached hydrogen (secondary N) is 1. The van der Waals surface area contributed by atoms with Crippen LogP contribution in [0, 0.1) is 10.8 Å². The topological polar surface area (TPSA) is 55.4 Å². The number of dihydropyridines is 1. The van der Waals surface area contributed by atoms with Gasteiger partial charge in [0.1, 0.15) is 12.4 Å². The van der Waals surface area contributed by atoms with Crippen LogP contribution in [-0.4, -0.2) is 11.6 Å². The molecule has 0 amide bonds. The molecule has 1 aliphatic heterocycles. The van der Waals surface area contributed by atoms with E-state index >= 15 is 0 Å². The van der Waals surface area contributed by atoms with Gasteiger partial charge >= 0.3 is 0 Å². The smallest absolute Gasteiger partial charge is 0.162 e. The summed E-state index contributed by atoms with van der Waals surface area (Å²) in [6.07, 6.45) is 2.44. The van der Waals surface area contributed by atoms with E-state index in [2.05, 4.69) is 80.8 Å². The highest BCUT2D eigenvalue weighted by Gasteiger charge is 2.47. The van der Waals surface area contributed by atoms with Crippen molar-refractivity contribution < 1.29 is 14.3 Å². The third-order valence-electron chi connectivity index (χ3n) is 7.36. The fourth-order valence-corrected chi connectivity index (χ4v) is 7.52. The van der Waals surface area contributed by atoms with Gasteiger partial charge in [-0.1, -0.05) is 71.7 Å². The number of rotatable bonds is 4. The van der Waals surface area contributed by atoms with Gasteiger partial charge in [0.25, 0.3) is 0 Å². The summed E-state index contributed by atoms with van der Waals surface area (Å²) in [6, 6.07) is 12.0. The molecule has 37 heavy (non-hydrogen) atoms. The Bertz CT molecular complexity index is 1320. The molecule has 0 radical (unpaired) electrons. The third-order valence-corrected chi connectivity index (χ3v) is 8.94. The lowest BCUT2D eigenvalue weighted by atomic mass is 9.64. The Morgan fingerprint density at radius 3 is 1.89 bits per heavy atom. The highest BCUT2D eigenvalue weighted by molar-refractivity contribution is 9.11. The number of carbonyl (C=O) groups excluding carboxylic acids is 2. The first kappa shape index (κ1) is 26.9. The van der Waals surface area contributed by atoms with Crippen LogP contribution in [0.25, 0.3) is 0 Å². The number of ketones is 2. The maximum absolute atomic E-state index is 13.7. The van der Waals surface area contributed by atoms with Gasteiger partial charge in [-0.25, -0.2) is 0 Å². The molecule has 1 N–H and O–H groups in total. The van der Waals surface area contributed by atoms with Gasteiger partial charge in [-0.2, -0.15) is 0 Å². The van der Waals surface area contributed by atoms with Gasteiger partial charge in [0.05, 0.1) is 4.47 Å². The summed E-state index contributed by atoms with van der Waals surface area (Å²) in [4.78, 5) is 27.5. The number of hydrogen-bond donors (Lipinski definition) is 1. The summed E-state index contributed by atoms with van der Waals surface area (Å²) in [5.41, 5.74) is 4.91. The average molecular weight is 692 g/mol. The number of Topliss-reactive ketones (excluding diaryl/α,β-unsaturated/α-hetero) is 2. The predicted octanol–water partition coefficient (Wildman–Crippen LogP) is 8.53. The molecule has 0 atom stereocenters. The third kappa shape index (κ3) is 5.41. The van der Waals surface area contributed by atoms with Crippen molar-refractivity contribution in [1.82, 2.24) is 5.32 Å². The van der Waals surface area contributed by atoms with E-state index in [1.54, 1.807) is 0 Å². The second kappa shape index (κ2) is 9.80. The van der Waals surface area contributed by atoms with Crippen molar-refractivity contribution in [3.63, 3.8) is 0 Å². The number of allylic oxidation sites excluding steroid dienone is 4. The monoisotopic (exact) mass is 689 g/mol. The van der Waals surface area contributed by atoms with E-state index in [1.165, 1.54) is 0 Å². The minimum absolute atomic E-state index is 0.0999. The van der Waals surface area contributed by atoms with Gasteiger partial charge in [0, 0.05) is 55.8 Å². The molecule has 1 heterocycles. The van der Waals surface area contributed by atoms with Gasteiger partial charge < -0.3 is 10.1 Å². The van der Waals surface area contributed by atoms with Gasteiger partial charge in [0.2, 0.25) is 0 Å². The molecular weight excluding hydrogens is 662 g/mol. The molecule has 2 aromatic rings. The van der Waals surface area contributed by atoms with Gasteiger partial charge in [0.15, 0.2) is 11.6 Å². The Morgan fingerprint density at radius 2 is 1.35 bits per heavy atom. The number of carbonyl (C=O) groups is 2. The van der Waals surface area contributed by atoms with Gasteiger partial charge in [-0.05, 0) is 69.4 Å². The van der Waals surface area contributed by atoms with E-state index in [0.29, 0.717) is 36.3 Å². The van der Waals surface area contributed by atoms with Crippen LogP contribution < -0.4 is 10.1 Å². The molecule has 0 bridgehead atoms. The predicted molar refractivity (Wildman–Crippen MR) is 156 cm³/mol. The Hall–Kier alpha value is -1.70. The van der Waals surface area contributed by atoms with Crippen LogP contribution in [0.3, 0.4) is 0 Å². The molecule has 2 aliphatic carbocycles. The molecular formula is C30H30Br3NO3. The van der Waals surface area contributed by atoms with Crippen molar-refractivity contribution in [3.05, 3.63) is 83.5 Å². The van der Waals surface area contributed by atoms with Crippen molar-refractivity contribution in [2.45, 2.75) is 65.9 Å². The standard InChI is InChI=1S/C30H30Br3NO3/c1-29(2)11-21-26(23(35)13-29)25(27-22(34-21)12-30(3,4)14-24(27)36)19-9-18(32)10-20(33)28(19)37-15-16-5-7-17(31)8-6-16/h5-10,25,34H,11-15H2,1-4H3. The van der Waals surface area contributed by atoms with E-state index in [9.17, 15) is 9.59 Å². The van der Waals surface area contributed by atoms with Crippen LogP contribution in [0.5, 0.6) is 5.75 Å². The second-order valence-corrected chi connectivity index (χ2v) is 14.6. The fourth-order valence-electron chi connectivity index (χ4n) is 5.88. The van der Waals surface area contributed by atoms with E-state index < -0.39 is 5.92 Å². The quantitative estimate of drug-likeness (QED) is 0.349. The summed E-state index contributed by atoms with van der Waals surface area (Å²) >= 11 is 10.8. The van der Waals surface area contributed by atoms with Gasteiger partial charge in [-0.3, -0.25) is 9.59 Å². The van der Waals surface area contributed by atoms with E-state index in [-0.39, 0.29) is 22.4 Å². The lowest BCUT2D eigenvalue weighted by Gasteiger charge is -2.44. The SMILES string of the molecule is CC1(C)CC(=O)C2=C(C1)NC1=C(C(=O)CC(C)(C)C1)C2c1cc(Br)cc(Br)c1OCc1ccc(Br)cc1. The highest BCUT2D eigenvalue weighted by atomic mass is 79.9. The summed E-state index contributed by atoms with van der Waals surface area (Å²) in [5.74, 6) is 0.393. The molecule has 4 nitrogen and oxygen atoms in total. The Kier molecular flexibility index (Phi) is 7.12. The number of benzene rings is 2. The normalized spacial score (nSPS) is 20.9. The minimum Gasteiger partial charge on any atom is -0.487 e. The van der Waals surface area contributed by atoms with E-state index in [4.69, 9.17) is 4.74 Å². The molecule has 0 aromatic heterocycles. The molecule has 0 spiro atoms. The Morgan fingerprint density at radius 1 is 0.811 bits per heavy atom. The number of ether oxygens (including phenoxy) is 1. The van der Waals surface area contributed by atoms with Crippen molar-refractivity contribution in [2.24, 2.45) is 10.8 Å². The largest absolute Gasteiger partial charge is 0.487 e. The van der Waals surface area contributed by atoms with Crippen molar-refractivity contribution >= 4 is 59.4 Å². The summed E-state index contributed by atoms with van der Waals surface area (Å²) in [7, 11) is 0. The zero-order valence-corrected chi connectivity index (χ0v) is 26.2. The summed E-state index contributed by atoms with van der Waals surface area (Å²) in [5, 5.41) is 3.59. The molecule has 0 unspecified atom stereocenters. The molecule has 0 saturated heterocycles. The molecule has 7 heteroatoms. The van der Waals surface area contributed by atoms with E-state index in [0.717, 1.165) is 48.8 Å². The minimum atomic E-state index is -0.466. The molecule has 3 aliphatic rings. The van der Waals surface area contributed by atoms with Crippen molar-refractivity contribution in [1.29, 1.82) is 0 Å². The zero-order valence-electron chi connectivity index (χ0n) is 21.4. The van der Waals surface area contributed by atoms with Crippen LogP contribution >= 0.6 is 47.8 Å². The molecule has 0 fully saturated rings. The maximum atomic E-state index is 13.7. The lowest BCUT2D eigenvalue weighted by molar-refractivity contribution is -0.119. The Balaban J connectivity index is 1.67. The fraction of sp³-hybridized carbons (Fsp3) is 0.400. The maximum Gasteiger partial charge on any atom is 0.162 e. The molecule has 0 saturated carbocycles. The van der Waals surface area contributed by atoms with Crippen LogP contribution in [0.4, 0.5) is 0 Å². The van der Waals surface area contributed by atoms with Crippen LogP contribution in [0.2, 0.25) is 0 Å². The van der Waals surface area contributed by atoms with Crippen LogP contribution in [-0.2, 0) is 16.2 Å². The van der Waals surface area contributed by atoms with Gasteiger partial charge in [-0.15, -0.1) is 0 Å². The van der Waals surface area contributed by atoms with Crippen molar-refractivity contribution in [2.75, 3.05) is 0 Å². The zero-order chi connectivity index (χ0) is 26.7. The van der Waals surface area contributed by atoms with E-state index in [1.807, 2.05) is 36.4 Å². The van der Waals surface area contributed by atoms with Crippen molar-refractivity contribution in [3.8, 4) is 5.75 Å². The summed E-state index contributed by atoms with van der Waals surface area (Å²) in [6.45, 7) is 8.90. The first-order valence-corrected chi connectivity index (χ1v) is 14.9. The average Bonchev–Trinajstić information content (AvgIpc) is 2.76. The van der Waals surface area contributed by atoms with Crippen LogP contribution in [0.1, 0.15) is 70.4 Å². The lowest BCUT2D eigenvalue weighted by Crippen LogP contribution is -2.42. The molecule has 2 aromatic carbocycles. The first-order valence-electron chi connectivity index (χ1n) is 12.5. The molecule has 5 rings (SSSR count). The first-order chi connectivity index (χ1) is 17.3. The highest BCUT2D eigenvalue weighted by Crippen LogP contribution is 2.53. The number of hydrogen-bond acceptors (Lipinski definition) is 4.